The molecule has 0 saturated heterocycles. The number of hydrogen-bond acceptors (Lipinski definition) is 2. The van der Waals surface area contributed by atoms with Gasteiger partial charge in [0, 0.05) is 21.3 Å². The molecule has 1 atom stereocenters. The summed E-state index contributed by atoms with van der Waals surface area (Å²) in [6, 6.07) is 8.85. The highest BCUT2D eigenvalue weighted by Crippen LogP contribution is 2.47. The third-order valence-corrected chi connectivity index (χ3v) is 3.49. The van der Waals surface area contributed by atoms with Crippen molar-refractivity contribution in [3.8, 4) is 11.1 Å². The maximum Gasteiger partial charge on any atom is 0.105 e. The largest absolute Gasteiger partial charge is 0.398 e. The number of aliphatic hydroxyl groups excluding tert-OH is 1. The molecule has 0 bridgehead atoms. The topological polar surface area (TPSA) is 46.2 Å². The normalized spacial score (nSPS) is 16.8. The van der Waals surface area contributed by atoms with Crippen LogP contribution in [0.4, 0.5) is 5.69 Å². The Balaban J connectivity index is 2.35. The molecule has 86 valence electrons. The van der Waals surface area contributed by atoms with Gasteiger partial charge >= 0.3 is 0 Å². The van der Waals surface area contributed by atoms with Crippen LogP contribution in [0.5, 0.6) is 0 Å². The van der Waals surface area contributed by atoms with Crippen LogP contribution in [0.3, 0.4) is 0 Å². The first-order valence-electron chi connectivity index (χ1n) is 5.14. The van der Waals surface area contributed by atoms with Gasteiger partial charge in [-0.05, 0) is 41.0 Å². The van der Waals surface area contributed by atoms with Crippen molar-refractivity contribution >= 4 is 28.9 Å². The second kappa shape index (κ2) is 3.64. The molecule has 2 aromatic rings. The van der Waals surface area contributed by atoms with E-state index in [9.17, 15) is 5.11 Å². The zero-order valence-electron chi connectivity index (χ0n) is 8.74. The van der Waals surface area contributed by atoms with Crippen LogP contribution in [0, 0.1) is 0 Å². The van der Waals surface area contributed by atoms with E-state index in [4.69, 9.17) is 28.9 Å². The summed E-state index contributed by atoms with van der Waals surface area (Å²) < 4.78 is 0. The van der Waals surface area contributed by atoms with Crippen LogP contribution < -0.4 is 5.73 Å². The van der Waals surface area contributed by atoms with E-state index in [0.29, 0.717) is 15.7 Å². The molecule has 2 nitrogen and oxygen atoms in total. The van der Waals surface area contributed by atoms with Gasteiger partial charge in [-0.25, -0.2) is 0 Å². The lowest BCUT2D eigenvalue weighted by atomic mass is 10.0. The van der Waals surface area contributed by atoms with Crippen LogP contribution in [-0.4, -0.2) is 5.11 Å². The summed E-state index contributed by atoms with van der Waals surface area (Å²) in [7, 11) is 0. The first kappa shape index (κ1) is 10.9. The molecule has 1 aliphatic rings. The quantitative estimate of drug-likeness (QED) is 0.715. The van der Waals surface area contributed by atoms with Crippen LogP contribution >= 0.6 is 23.2 Å². The second-order valence-corrected chi connectivity index (χ2v) is 4.97. The molecule has 0 aromatic heterocycles. The summed E-state index contributed by atoms with van der Waals surface area (Å²) in [6.45, 7) is 0. The van der Waals surface area contributed by atoms with Crippen molar-refractivity contribution < 1.29 is 5.11 Å². The molecule has 3 N–H and O–H groups in total. The molecule has 0 unspecified atom stereocenters. The molecular formula is C13H9Cl2NO. The minimum atomic E-state index is -0.709. The van der Waals surface area contributed by atoms with Gasteiger partial charge in [0.2, 0.25) is 0 Å². The van der Waals surface area contributed by atoms with Gasteiger partial charge in [-0.15, -0.1) is 0 Å². The highest BCUT2D eigenvalue weighted by atomic mass is 35.5. The van der Waals surface area contributed by atoms with Crippen molar-refractivity contribution in [3.05, 3.63) is 51.5 Å². The number of anilines is 1. The third kappa shape index (κ3) is 1.53. The van der Waals surface area contributed by atoms with E-state index in [-0.39, 0.29) is 0 Å². The van der Waals surface area contributed by atoms with Crippen LogP contribution in [0.1, 0.15) is 17.2 Å². The van der Waals surface area contributed by atoms with E-state index >= 15 is 0 Å². The smallest absolute Gasteiger partial charge is 0.105 e. The fraction of sp³-hybridized carbons (Fsp3) is 0.0769. The van der Waals surface area contributed by atoms with Crippen LogP contribution in [-0.2, 0) is 0 Å². The predicted molar refractivity (Wildman–Crippen MR) is 70.4 cm³/mol. The number of rotatable bonds is 0. The molecule has 0 radical (unpaired) electrons. The highest BCUT2D eigenvalue weighted by molar-refractivity contribution is 6.31. The first-order chi connectivity index (χ1) is 8.08. The van der Waals surface area contributed by atoms with Gasteiger partial charge in [0.25, 0.3) is 0 Å². The van der Waals surface area contributed by atoms with Crippen molar-refractivity contribution in [1.29, 1.82) is 0 Å². The minimum Gasteiger partial charge on any atom is -0.398 e. The van der Waals surface area contributed by atoms with E-state index < -0.39 is 6.10 Å². The Hall–Kier alpha value is -1.22. The van der Waals surface area contributed by atoms with Crippen LogP contribution in [0.15, 0.2) is 30.3 Å². The zero-order chi connectivity index (χ0) is 12.2. The Labute approximate surface area is 109 Å². The SMILES string of the molecule is Nc1cc(Cl)cc2c1-c1ccc(Cl)cc1[C@@H]2O. The van der Waals surface area contributed by atoms with Crippen LogP contribution in [0.25, 0.3) is 11.1 Å². The number of hydrogen-bond donors (Lipinski definition) is 2. The van der Waals surface area contributed by atoms with Gasteiger partial charge < -0.3 is 10.8 Å². The molecular weight excluding hydrogens is 257 g/mol. The van der Waals surface area contributed by atoms with Gasteiger partial charge in [-0.3, -0.25) is 0 Å². The van der Waals surface area contributed by atoms with E-state index in [2.05, 4.69) is 0 Å². The Morgan fingerprint density at radius 3 is 2.47 bits per heavy atom. The Morgan fingerprint density at radius 1 is 1.00 bits per heavy atom. The number of aliphatic hydroxyl groups is 1. The molecule has 0 saturated carbocycles. The molecule has 2 aromatic carbocycles. The highest BCUT2D eigenvalue weighted by Gasteiger charge is 2.29. The van der Waals surface area contributed by atoms with Gasteiger partial charge in [0.05, 0.1) is 0 Å². The van der Waals surface area contributed by atoms with Crippen molar-refractivity contribution in [3.63, 3.8) is 0 Å². The molecule has 4 heteroatoms. The summed E-state index contributed by atoms with van der Waals surface area (Å²) in [5.74, 6) is 0. The molecule has 0 heterocycles. The monoisotopic (exact) mass is 265 g/mol. The Bertz CT molecular complexity index is 625. The summed E-state index contributed by atoms with van der Waals surface area (Å²) in [4.78, 5) is 0. The number of nitrogen functional groups attached to an aromatic ring is 1. The summed E-state index contributed by atoms with van der Waals surface area (Å²) in [5, 5.41) is 11.4. The first-order valence-corrected chi connectivity index (χ1v) is 5.90. The molecule has 0 aliphatic heterocycles. The molecule has 17 heavy (non-hydrogen) atoms. The molecule has 0 amide bonds. The lowest BCUT2D eigenvalue weighted by molar-refractivity contribution is 0.225. The summed E-state index contributed by atoms with van der Waals surface area (Å²) in [5.41, 5.74) is 9.84. The fourth-order valence-electron chi connectivity index (χ4n) is 2.33. The van der Waals surface area contributed by atoms with Gasteiger partial charge in [0.15, 0.2) is 0 Å². The number of fused-ring (bicyclic) bond motifs is 3. The maximum atomic E-state index is 10.2. The zero-order valence-corrected chi connectivity index (χ0v) is 10.3. The summed E-state index contributed by atoms with van der Waals surface area (Å²) in [6.07, 6.45) is -0.709. The average molecular weight is 266 g/mol. The van der Waals surface area contributed by atoms with Gasteiger partial charge in [-0.2, -0.15) is 0 Å². The van der Waals surface area contributed by atoms with E-state index in [1.807, 2.05) is 6.07 Å². The Kier molecular flexibility index (Phi) is 2.33. The van der Waals surface area contributed by atoms with Crippen molar-refractivity contribution in [1.82, 2.24) is 0 Å². The molecule has 3 rings (SSSR count). The standard InChI is InChI=1S/C13H9Cl2NO/c14-6-1-2-8-9(3-6)13(17)10-4-7(15)5-11(16)12(8)10/h1-5,13,17H,16H2/t13-/m0/s1. The van der Waals surface area contributed by atoms with E-state index in [0.717, 1.165) is 22.3 Å². The third-order valence-electron chi connectivity index (χ3n) is 3.04. The average Bonchev–Trinajstić information content (AvgIpc) is 2.53. The van der Waals surface area contributed by atoms with Crippen molar-refractivity contribution in [2.24, 2.45) is 0 Å². The van der Waals surface area contributed by atoms with E-state index in [1.54, 1.807) is 24.3 Å². The number of benzene rings is 2. The summed E-state index contributed by atoms with van der Waals surface area (Å²) >= 11 is 11.9. The lowest BCUT2D eigenvalue weighted by Gasteiger charge is -2.07. The predicted octanol–water partition coefficient (Wildman–Crippen LogP) is 3.64. The molecule has 1 aliphatic carbocycles. The molecule has 0 fully saturated rings. The second-order valence-electron chi connectivity index (χ2n) is 4.09. The molecule has 0 spiro atoms. The number of halogens is 2. The fourth-order valence-corrected chi connectivity index (χ4v) is 2.75. The Morgan fingerprint density at radius 2 is 1.71 bits per heavy atom. The lowest BCUT2D eigenvalue weighted by Crippen LogP contribution is -1.95. The van der Waals surface area contributed by atoms with Crippen molar-refractivity contribution in [2.75, 3.05) is 5.73 Å². The minimum absolute atomic E-state index is 0.527. The van der Waals surface area contributed by atoms with E-state index in [1.165, 1.54) is 0 Å². The van der Waals surface area contributed by atoms with Crippen LogP contribution in [0.2, 0.25) is 10.0 Å². The van der Waals surface area contributed by atoms with Gasteiger partial charge in [0.1, 0.15) is 6.10 Å². The maximum absolute atomic E-state index is 10.2. The number of nitrogens with two attached hydrogens (primary N) is 1. The van der Waals surface area contributed by atoms with Crippen molar-refractivity contribution in [2.45, 2.75) is 6.10 Å². The van der Waals surface area contributed by atoms with Gasteiger partial charge in [-0.1, -0.05) is 29.3 Å².